The fraction of sp³-hybridized carbons (Fsp3) is 0.500. The molecule has 0 unspecified atom stereocenters. The first-order valence-corrected chi connectivity index (χ1v) is 15.0. The lowest BCUT2D eigenvalue weighted by Gasteiger charge is -2.36. The van der Waals surface area contributed by atoms with Crippen LogP contribution in [0.1, 0.15) is 80.2 Å². The molecule has 3 aliphatic rings. The highest BCUT2D eigenvalue weighted by Crippen LogP contribution is 2.40. The molecule has 6 rings (SSSR count). The Kier molecular flexibility index (Phi) is 9.38. The second-order valence-corrected chi connectivity index (χ2v) is 11.9. The number of aliphatic hydroxyl groups excluding tert-OH is 2. The van der Waals surface area contributed by atoms with E-state index >= 15 is 0 Å². The van der Waals surface area contributed by atoms with E-state index in [-0.39, 0.29) is 12.3 Å². The Morgan fingerprint density at radius 2 is 1.80 bits per heavy atom. The first-order chi connectivity index (χ1) is 19.4. The SMILES string of the molecule is CO.N/C(=C\N(N)C[C@@H]1C[C@H](O)C[C@H](n2cc(Cc3ccc(C4CC4)cc3)c3c(Cl)cccc32)O1)C1CCCC1. The fourth-order valence-corrected chi connectivity index (χ4v) is 6.66. The van der Waals surface area contributed by atoms with Gasteiger partial charge in [0.05, 0.1) is 29.3 Å². The fourth-order valence-electron chi connectivity index (χ4n) is 6.37. The number of aliphatic hydroxyl groups is 2. The van der Waals surface area contributed by atoms with Crippen molar-refractivity contribution in [2.45, 2.75) is 82.1 Å². The Hall–Kier alpha value is -2.55. The van der Waals surface area contributed by atoms with Gasteiger partial charge in [-0.2, -0.15) is 0 Å². The minimum Gasteiger partial charge on any atom is -0.401 e. The molecule has 1 saturated heterocycles. The zero-order valence-corrected chi connectivity index (χ0v) is 24.1. The monoisotopic (exact) mass is 566 g/mol. The van der Waals surface area contributed by atoms with Gasteiger partial charge in [0.1, 0.15) is 6.23 Å². The number of halogens is 1. The van der Waals surface area contributed by atoms with Crippen LogP contribution >= 0.6 is 11.6 Å². The maximum absolute atomic E-state index is 10.8. The van der Waals surface area contributed by atoms with Crippen LogP contribution in [-0.4, -0.2) is 45.7 Å². The minimum atomic E-state index is -0.474. The molecule has 3 fully saturated rings. The summed E-state index contributed by atoms with van der Waals surface area (Å²) < 4.78 is 8.70. The van der Waals surface area contributed by atoms with Crippen molar-refractivity contribution in [2.75, 3.05) is 13.7 Å². The number of allylic oxidation sites excluding steroid dienone is 1. The van der Waals surface area contributed by atoms with Gasteiger partial charge in [-0.05, 0) is 72.8 Å². The second kappa shape index (κ2) is 13.0. The molecule has 6 N–H and O–H groups in total. The van der Waals surface area contributed by atoms with Crippen molar-refractivity contribution in [2.24, 2.45) is 17.5 Å². The number of ether oxygens (including phenoxy) is 1. The van der Waals surface area contributed by atoms with E-state index in [4.69, 9.17) is 33.0 Å². The molecule has 40 heavy (non-hydrogen) atoms. The Labute approximate surface area is 242 Å². The van der Waals surface area contributed by atoms with Gasteiger partial charge in [-0.3, -0.25) is 0 Å². The molecule has 2 heterocycles. The minimum absolute atomic E-state index is 0.212. The van der Waals surface area contributed by atoms with Crippen LogP contribution in [0.3, 0.4) is 0 Å². The van der Waals surface area contributed by atoms with Gasteiger partial charge in [0.15, 0.2) is 0 Å². The third kappa shape index (κ3) is 6.67. The molecule has 2 saturated carbocycles. The predicted octanol–water partition coefficient (Wildman–Crippen LogP) is 5.58. The van der Waals surface area contributed by atoms with Gasteiger partial charge in [0.2, 0.25) is 0 Å². The first-order valence-electron chi connectivity index (χ1n) is 14.6. The van der Waals surface area contributed by atoms with Crippen molar-refractivity contribution in [1.82, 2.24) is 9.58 Å². The lowest BCUT2D eigenvalue weighted by molar-refractivity contribution is -0.131. The first kappa shape index (κ1) is 29.0. The average molecular weight is 567 g/mol. The van der Waals surface area contributed by atoms with Gasteiger partial charge in [-0.15, -0.1) is 0 Å². The standard InChI is InChI=1S/C31H39ClN4O2.CH4O/c32-27-6-3-7-29-31(27)24(14-20-8-10-21(11-9-20)22-12-13-22)17-36(29)30-16-25(37)15-26(38-30)18-35(34)19-28(33)23-4-1-2-5-23;1-2/h3,6-11,17,19,22-23,25-26,30,37H,1-2,4-5,12-16,18,33-34H2;2H,1H3/b28-19-;/t25-,26-,30+;/m0./s1. The Morgan fingerprint density at radius 1 is 1.07 bits per heavy atom. The van der Waals surface area contributed by atoms with E-state index in [1.807, 2.05) is 18.3 Å². The van der Waals surface area contributed by atoms with E-state index in [0.717, 1.165) is 59.5 Å². The van der Waals surface area contributed by atoms with Crippen molar-refractivity contribution in [3.63, 3.8) is 0 Å². The van der Waals surface area contributed by atoms with Crippen LogP contribution in [0.5, 0.6) is 0 Å². The molecule has 1 aromatic heterocycles. The Bertz CT molecular complexity index is 1300. The largest absolute Gasteiger partial charge is 0.401 e. The highest BCUT2D eigenvalue weighted by molar-refractivity contribution is 6.35. The number of aromatic nitrogens is 1. The van der Waals surface area contributed by atoms with E-state index in [2.05, 4.69) is 41.1 Å². The van der Waals surface area contributed by atoms with Crippen LogP contribution in [0.2, 0.25) is 5.02 Å². The number of benzene rings is 2. The van der Waals surface area contributed by atoms with E-state index in [9.17, 15) is 5.11 Å². The van der Waals surface area contributed by atoms with Crippen molar-refractivity contribution in [1.29, 1.82) is 0 Å². The van der Waals surface area contributed by atoms with E-state index < -0.39 is 6.10 Å². The maximum Gasteiger partial charge on any atom is 0.136 e. The van der Waals surface area contributed by atoms with Crippen molar-refractivity contribution in [3.05, 3.63) is 82.3 Å². The lowest BCUT2D eigenvalue weighted by atomic mass is 10.0. The molecule has 8 heteroatoms. The number of rotatable bonds is 8. The van der Waals surface area contributed by atoms with Crippen LogP contribution in [0.4, 0.5) is 0 Å². The van der Waals surface area contributed by atoms with Gasteiger partial charge in [0, 0.05) is 43.4 Å². The van der Waals surface area contributed by atoms with Gasteiger partial charge in [0.25, 0.3) is 0 Å². The number of nitrogens with two attached hydrogens (primary N) is 2. The molecule has 2 aliphatic carbocycles. The number of hydrogen-bond donors (Lipinski definition) is 4. The van der Waals surface area contributed by atoms with E-state index in [1.54, 1.807) is 5.01 Å². The summed E-state index contributed by atoms with van der Waals surface area (Å²) in [7, 11) is 1.00. The van der Waals surface area contributed by atoms with E-state index in [1.165, 1.54) is 36.8 Å². The maximum atomic E-state index is 10.8. The van der Waals surface area contributed by atoms with E-state index in [0.29, 0.717) is 25.3 Å². The average Bonchev–Trinajstić information content (AvgIpc) is 3.50. The lowest BCUT2D eigenvalue weighted by Crippen LogP contribution is -2.42. The second-order valence-electron chi connectivity index (χ2n) is 11.5. The molecule has 0 amide bonds. The van der Waals surface area contributed by atoms with Crippen molar-refractivity contribution in [3.8, 4) is 0 Å². The zero-order chi connectivity index (χ0) is 28.2. The summed E-state index contributed by atoms with van der Waals surface area (Å²) in [4.78, 5) is 0. The number of fused-ring (bicyclic) bond motifs is 1. The quantitative estimate of drug-likeness (QED) is 0.209. The molecule has 2 aromatic carbocycles. The van der Waals surface area contributed by atoms with Gasteiger partial charge < -0.3 is 30.3 Å². The third-order valence-electron chi connectivity index (χ3n) is 8.53. The molecule has 7 nitrogen and oxygen atoms in total. The molecule has 0 bridgehead atoms. The molecule has 3 atom stereocenters. The summed E-state index contributed by atoms with van der Waals surface area (Å²) >= 11 is 6.74. The number of hydrazine groups is 1. The summed E-state index contributed by atoms with van der Waals surface area (Å²) in [5, 5.41) is 21.2. The number of nitrogens with zero attached hydrogens (tertiary/aromatic N) is 2. The summed E-state index contributed by atoms with van der Waals surface area (Å²) in [6.45, 7) is 0.473. The summed E-state index contributed by atoms with van der Waals surface area (Å²) in [5.41, 5.74) is 12.1. The van der Waals surface area contributed by atoms with Crippen molar-refractivity contribution < 1.29 is 14.9 Å². The highest BCUT2D eigenvalue weighted by atomic mass is 35.5. The molecule has 0 radical (unpaired) electrons. The predicted molar refractivity (Wildman–Crippen MR) is 161 cm³/mol. The summed E-state index contributed by atoms with van der Waals surface area (Å²) in [6, 6.07) is 15.0. The van der Waals surface area contributed by atoms with Crippen LogP contribution < -0.4 is 11.6 Å². The molecular formula is C32H43ClN4O3. The van der Waals surface area contributed by atoms with Crippen LogP contribution in [0, 0.1) is 5.92 Å². The van der Waals surface area contributed by atoms with Gasteiger partial charge in [-0.25, -0.2) is 5.84 Å². The van der Waals surface area contributed by atoms with Gasteiger partial charge >= 0.3 is 0 Å². The molecule has 216 valence electrons. The molecular weight excluding hydrogens is 524 g/mol. The van der Waals surface area contributed by atoms with Gasteiger partial charge in [-0.1, -0.05) is 54.8 Å². The summed E-state index contributed by atoms with van der Waals surface area (Å²) in [6.07, 6.45) is 12.2. The van der Waals surface area contributed by atoms with Crippen LogP contribution in [-0.2, 0) is 11.2 Å². The smallest absolute Gasteiger partial charge is 0.136 e. The Balaban J connectivity index is 0.00000158. The van der Waals surface area contributed by atoms with Crippen LogP contribution in [0.25, 0.3) is 10.9 Å². The normalized spacial score (nSPS) is 23.7. The Morgan fingerprint density at radius 3 is 2.50 bits per heavy atom. The van der Waals surface area contributed by atoms with Crippen molar-refractivity contribution >= 4 is 22.5 Å². The zero-order valence-electron chi connectivity index (χ0n) is 23.4. The number of hydrogen-bond acceptors (Lipinski definition) is 6. The molecule has 3 aromatic rings. The third-order valence-corrected chi connectivity index (χ3v) is 8.85. The summed E-state index contributed by atoms with van der Waals surface area (Å²) in [5.74, 6) is 7.50. The highest BCUT2D eigenvalue weighted by Gasteiger charge is 2.32. The van der Waals surface area contributed by atoms with Crippen LogP contribution in [0.15, 0.2) is 60.6 Å². The molecule has 1 aliphatic heterocycles. The topological polar surface area (TPSA) is 110 Å². The molecule has 0 spiro atoms.